The Balaban J connectivity index is 1.94. The first-order valence-corrected chi connectivity index (χ1v) is 12.3. The van der Waals surface area contributed by atoms with Gasteiger partial charge in [0.25, 0.3) is 5.91 Å². The van der Waals surface area contributed by atoms with Crippen molar-refractivity contribution < 1.29 is 23.1 Å². The van der Waals surface area contributed by atoms with E-state index in [2.05, 4.69) is 5.32 Å². The minimum absolute atomic E-state index is 0.117. The van der Waals surface area contributed by atoms with Crippen molar-refractivity contribution >= 4 is 23.7 Å². The zero-order chi connectivity index (χ0) is 27.1. The van der Waals surface area contributed by atoms with Crippen LogP contribution in [0.5, 0.6) is 5.75 Å². The summed E-state index contributed by atoms with van der Waals surface area (Å²) in [6, 6.07) is 20.1. The van der Waals surface area contributed by atoms with Crippen molar-refractivity contribution in [3.63, 3.8) is 0 Å². The van der Waals surface area contributed by atoms with E-state index >= 15 is 0 Å². The van der Waals surface area contributed by atoms with E-state index in [1.165, 1.54) is 11.0 Å². The smallest absolute Gasteiger partial charge is 0.272 e. The summed E-state index contributed by atoms with van der Waals surface area (Å²) in [6.07, 6.45) is 0.551. The summed E-state index contributed by atoms with van der Waals surface area (Å²) >= 11 is 0. The Labute approximate surface area is 220 Å². The Bertz CT molecular complexity index is 1310. The van der Waals surface area contributed by atoms with Crippen molar-refractivity contribution in [3.05, 3.63) is 101 Å². The maximum atomic E-state index is 14.2. The number of nitrogens with zero attached hydrogens (tertiary/aromatic N) is 3. The molecule has 1 aliphatic heterocycles. The monoisotopic (exact) mass is 520 g/mol. The minimum atomic E-state index is -1.03. The fourth-order valence-electron chi connectivity index (χ4n) is 4.49. The second kappa shape index (κ2) is 12.3. The molecule has 3 aromatic carbocycles. The molecule has 1 heterocycles. The predicted octanol–water partition coefficient (Wildman–Crippen LogP) is 3.87. The van der Waals surface area contributed by atoms with Crippen molar-refractivity contribution in [2.45, 2.75) is 6.54 Å². The second-order valence-corrected chi connectivity index (χ2v) is 8.82. The highest BCUT2D eigenvalue weighted by Crippen LogP contribution is 2.35. The number of anilines is 1. The van der Waals surface area contributed by atoms with Crippen molar-refractivity contribution in [3.8, 4) is 5.75 Å². The predicted molar refractivity (Wildman–Crippen MR) is 142 cm³/mol. The molecule has 0 aliphatic carbocycles. The maximum Gasteiger partial charge on any atom is 0.272 e. The Morgan fingerprint density at radius 3 is 2.34 bits per heavy atom. The number of carbonyl (C=O) groups excluding carboxylic acids is 2. The lowest BCUT2D eigenvalue weighted by molar-refractivity contribution is -0.132. The summed E-state index contributed by atoms with van der Waals surface area (Å²) in [5, 5.41) is 3.23. The lowest BCUT2D eigenvalue weighted by atomic mass is 10.1. The number of para-hydroxylation sites is 2. The summed E-state index contributed by atoms with van der Waals surface area (Å²) in [5.74, 6) is -1.78. The van der Waals surface area contributed by atoms with Gasteiger partial charge >= 0.3 is 0 Å². The summed E-state index contributed by atoms with van der Waals surface area (Å²) in [7, 11) is 3.36. The van der Waals surface area contributed by atoms with Crippen LogP contribution in [-0.2, 0) is 16.1 Å². The van der Waals surface area contributed by atoms with Crippen LogP contribution in [0.1, 0.15) is 11.1 Å². The molecule has 4 rings (SSSR count). The van der Waals surface area contributed by atoms with Crippen LogP contribution in [-0.4, -0.2) is 62.5 Å². The zero-order valence-electron chi connectivity index (χ0n) is 21.4. The van der Waals surface area contributed by atoms with E-state index < -0.39 is 11.6 Å². The summed E-state index contributed by atoms with van der Waals surface area (Å²) in [5.41, 5.74) is 2.29. The quantitative estimate of drug-likeness (QED) is 0.343. The van der Waals surface area contributed by atoms with Crippen LogP contribution in [0.4, 0.5) is 14.5 Å². The van der Waals surface area contributed by atoms with Crippen LogP contribution in [0.25, 0.3) is 5.70 Å². The summed E-state index contributed by atoms with van der Waals surface area (Å²) in [4.78, 5) is 31.5. The molecule has 0 saturated carbocycles. The van der Waals surface area contributed by atoms with Crippen LogP contribution in [0, 0.1) is 11.6 Å². The highest BCUT2D eigenvalue weighted by atomic mass is 19.2. The molecule has 1 fully saturated rings. The van der Waals surface area contributed by atoms with Gasteiger partial charge in [0.15, 0.2) is 11.6 Å². The molecule has 198 valence electrons. The molecule has 7 nitrogen and oxygen atoms in total. The highest BCUT2D eigenvalue weighted by Gasteiger charge is 2.31. The lowest BCUT2D eigenvalue weighted by Crippen LogP contribution is -2.49. The van der Waals surface area contributed by atoms with Crippen LogP contribution >= 0.6 is 0 Å². The van der Waals surface area contributed by atoms with E-state index in [9.17, 15) is 18.4 Å². The molecule has 1 aliphatic rings. The van der Waals surface area contributed by atoms with Gasteiger partial charge in [0.1, 0.15) is 11.4 Å². The van der Waals surface area contributed by atoms with E-state index in [0.717, 1.165) is 12.1 Å². The van der Waals surface area contributed by atoms with Gasteiger partial charge in [0.05, 0.1) is 25.0 Å². The van der Waals surface area contributed by atoms with Gasteiger partial charge in [-0.3, -0.25) is 9.59 Å². The molecule has 9 heteroatoms. The number of methoxy groups -OCH3 is 1. The number of hydrogen-bond donors (Lipinski definition) is 1. The molecular formula is C29H30F2N4O3. The summed E-state index contributed by atoms with van der Waals surface area (Å²) < 4.78 is 33.2. The second-order valence-electron chi connectivity index (χ2n) is 8.82. The molecule has 0 spiro atoms. The van der Waals surface area contributed by atoms with Gasteiger partial charge in [-0.2, -0.15) is 0 Å². The molecule has 0 atom stereocenters. The van der Waals surface area contributed by atoms with Crippen molar-refractivity contribution in [2.75, 3.05) is 45.2 Å². The normalized spacial score (nSPS) is 13.9. The van der Waals surface area contributed by atoms with Crippen molar-refractivity contribution in [2.24, 2.45) is 0 Å². The third-order valence-electron chi connectivity index (χ3n) is 6.41. The van der Waals surface area contributed by atoms with E-state index in [-0.39, 0.29) is 18.1 Å². The number of carbonyl (C=O) groups is 2. The lowest BCUT2D eigenvalue weighted by Gasteiger charge is -2.35. The average Bonchev–Trinajstić information content (AvgIpc) is 2.97. The molecule has 0 aromatic heterocycles. The number of piperazine rings is 1. The standard InChI is InChI=1S/C29H30F2N4O3/c1-33(25-10-6-7-11-26(25)38-2)27(22-8-4-3-5-9-22)28(29(37)34-16-14-32-15-17-34)35(20-36)19-21-12-13-23(30)24(31)18-21/h3-13,18,20,32H,14-17,19H2,1-2H3/b28-27-. The molecule has 0 radical (unpaired) electrons. The van der Waals surface area contributed by atoms with Gasteiger partial charge < -0.3 is 24.8 Å². The van der Waals surface area contributed by atoms with E-state index in [0.29, 0.717) is 60.8 Å². The zero-order valence-corrected chi connectivity index (χ0v) is 21.4. The first kappa shape index (κ1) is 26.8. The van der Waals surface area contributed by atoms with Crippen molar-refractivity contribution in [1.82, 2.24) is 15.1 Å². The Kier molecular flexibility index (Phi) is 8.70. The van der Waals surface area contributed by atoms with Gasteiger partial charge in [-0.1, -0.05) is 48.5 Å². The third kappa shape index (κ3) is 5.84. The third-order valence-corrected chi connectivity index (χ3v) is 6.41. The number of halogens is 2. The SMILES string of the molecule is COc1ccccc1N(C)/C(=C(/C(=O)N1CCNCC1)N(C=O)Cc1ccc(F)c(F)c1)c1ccccc1. The molecule has 3 aromatic rings. The first-order chi connectivity index (χ1) is 18.4. The molecule has 1 saturated heterocycles. The van der Waals surface area contributed by atoms with Crippen LogP contribution in [0.3, 0.4) is 0 Å². The van der Waals surface area contributed by atoms with Crippen LogP contribution < -0.4 is 15.0 Å². The van der Waals surface area contributed by atoms with Crippen LogP contribution in [0.2, 0.25) is 0 Å². The van der Waals surface area contributed by atoms with Gasteiger partial charge in [-0.15, -0.1) is 0 Å². The van der Waals surface area contributed by atoms with Gasteiger partial charge in [0.2, 0.25) is 6.41 Å². The van der Waals surface area contributed by atoms with Crippen LogP contribution in [0.15, 0.2) is 78.5 Å². The molecular weight excluding hydrogens is 490 g/mol. The molecule has 38 heavy (non-hydrogen) atoms. The Hall–Kier alpha value is -4.24. The van der Waals surface area contributed by atoms with Gasteiger partial charge in [-0.25, -0.2) is 8.78 Å². The minimum Gasteiger partial charge on any atom is -0.495 e. The Morgan fingerprint density at radius 1 is 1.00 bits per heavy atom. The fraction of sp³-hybridized carbons (Fsp3) is 0.241. The number of rotatable bonds is 9. The maximum absolute atomic E-state index is 14.2. The fourth-order valence-corrected chi connectivity index (χ4v) is 4.49. The average molecular weight is 521 g/mol. The van der Waals surface area contributed by atoms with E-state index in [1.807, 2.05) is 59.5 Å². The number of nitrogens with one attached hydrogen (secondary N) is 1. The number of benzene rings is 3. The van der Waals surface area contributed by atoms with E-state index in [1.54, 1.807) is 19.1 Å². The van der Waals surface area contributed by atoms with E-state index in [4.69, 9.17) is 4.74 Å². The molecule has 2 amide bonds. The van der Waals surface area contributed by atoms with Crippen molar-refractivity contribution in [1.29, 1.82) is 0 Å². The number of ether oxygens (including phenoxy) is 1. The number of hydrogen-bond acceptors (Lipinski definition) is 5. The van der Waals surface area contributed by atoms with Gasteiger partial charge in [-0.05, 0) is 29.8 Å². The largest absolute Gasteiger partial charge is 0.495 e. The molecule has 0 bridgehead atoms. The van der Waals surface area contributed by atoms with Gasteiger partial charge in [0, 0.05) is 38.8 Å². The highest BCUT2D eigenvalue weighted by molar-refractivity contribution is 6.05. The molecule has 1 N–H and O–H groups in total. The first-order valence-electron chi connectivity index (χ1n) is 12.3. The topological polar surface area (TPSA) is 65.1 Å². The Morgan fingerprint density at radius 2 is 1.68 bits per heavy atom. The summed E-state index contributed by atoms with van der Waals surface area (Å²) in [6.45, 7) is 2.02. The number of amides is 2. The molecule has 0 unspecified atom stereocenters.